The third-order valence-corrected chi connectivity index (χ3v) is 4.72. The van der Waals surface area contributed by atoms with E-state index >= 15 is 0 Å². The number of rotatable bonds is 8. The second-order valence-electron chi connectivity index (χ2n) is 5.50. The van der Waals surface area contributed by atoms with Crippen molar-refractivity contribution in [3.05, 3.63) is 16.1 Å². The van der Waals surface area contributed by atoms with E-state index in [4.69, 9.17) is 11.6 Å². The van der Waals surface area contributed by atoms with E-state index in [2.05, 4.69) is 29.1 Å². The van der Waals surface area contributed by atoms with E-state index in [1.807, 2.05) is 0 Å². The zero-order valence-electron chi connectivity index (χ0n) is 11.4. The number of aryl methyl sites for hydroxylation is 1. The first-order chi connectivity index (χ1) is 8.69. The van der Waals surface area contributed by atoms with Crippen LogP contribution >= 0.6 is 22.9 Å². The van der Waals surface area contributed by atoms with Gasteiger partial charge in [0.05, 0.1) is 16.6 Å². The Balaban J connectivity index is 1.71. The normalized spacial score (nSPS) is 15.8. The summed E-state index contributed by atoms with van der Waals surface area (Å²) < 4.78 is 0. The van der Waals surface area contributed by atoms with Crippen LogP contribution in [-0.2, 0) is 12.3 Å². The standard InChI is InChI=1S/C14H23ClN2S/c1-11(2)17(9-12-5-6-12)7-3-4-14-16-13(8-15)10-18-14/h10-12H,3-9H2,1-2H3. The van der Waals surface area contributed by atoms with Crippen LogP contribution in [0.5, 0.6) is 0 Å². The predicted molar refractivity (Wildman–Crippen MR) is 79.4 cm³/mol. The van der Waals surface area contributed by atoms with Crippen LogP contribution in [0.2, 0.25) is 0 Å². The SMILES string of the molecule is CC(C)N(CCCc1nc(CCl)cs1)CC1CC1. The quantitative estimate of drug-likeness (QED) is 0.673. The summed E-state index contributed by atoms with van der Waals surface area (Å²) in [6.07, 6.45) is 5.18. The molecule has 0 N–H and O–H groups in total. The molecule has 0 bridgehead atoms. The van der Waals surface area contributed by atoms with Crippen molar-refractivity contribution in [2.24, 2.45) is 5.92 Å². The van der Waals surface area contributed by atoms with Crippen LogP contribution in [0.4, 0.5) is 0 Å². The lowest BCUT2D eigenvalue weighted by Crippen LogP contribution is -2.33. The highest BCUT2D eigenvalue weighted by molar-refractivity contribution is 7.09. The van der Waals surface area contributed by atoms with Crippen molar-refractivity contribution in [1.82, 2.24) is 9.88 Å². The summed E-state index contributed by atoms with van der Waals surface area (Å²) in [6, 6.07) is 0.667. The molecular formula is C14H23ClN2S. The van der Waals surface area contributed by atoms with E-state index in [-0.39, 0.29) is 0 Å². The van der Waals surface area contributed by atoms with Crippen LogP contribution in [0, 0.1) is 5.92 Å². The summed E-state index contributed by atoms with van der Waals surface area (Å²) in [5.74, 6) is 1.52. The van der Waals surface area contributed by atoms with Crippen molar-refractivity contribution in [3.8, 4) is 0 Å². The summed E-state index contributed by atoms with van der Waals surface area (Å²) in [5.41, 5.74) is 1.02. The molecule has 1 aliphatic rings. The Labute approximate surface area is 119 Å². The summed E-state index contributed by atoms with van der Waals surface area (Å²) in [7, 11) is 0. The number of thiazole rings is 1. The number of alkyl halides is 1. The molecule has 0 aromatic carbocycles. The number of halogens is 1. The van der Waals surface area contributed by atoms with Crippen molar-refractivity contribution in [2.45, 2.75) is 51.5 Å². The van der Waals surface area contributed by atoms with E-state index in [0.717, 1.165) is 18.0 Å². The first-order valence-corrected chi connectivity index (χ1v) is 8.33. The van der Waals surface area contributed by atoms with Gasteiger partial charge >= 0.3 is 0 Å². The minimum absolute atomic E-state index is 0.538. The molecule has 0 aliphatic heterocycles. The first kappa shape index (κ1) is 14.3. The molecule has 1 aromatic rings. The van der Waals surface area contributed by atoms with Crippen LogP contribution in [0.15, 0.2) is 5.38 Å². The molecule has 18 heavy (non-hydrogen) atoms. The molecule has 1 fully saturated rings. The summed E-state index contributed by atoms with van der Waals surface area (Å²) >= 11 is 7.51. The van der Waals surface area contributed by atoms with Gasteiger partial charge in [-0.1, -0.05) is 0 Å². The molecule has 1 aliphatic carbocycles. The minimum atomic E-state index is 0.538. The van der Waals surface area contributed by atoms with E-state index in [1.165, 1.54) is 37.4 Å². The van der Waals surface area contributed by atoms with Crippen LogP contribution < -0.4 is 0 Å². The van der Waals surface area contributed by atoms with Crippen LogP contribution in [0.3, 0.4) is 0 Å². The van der Waals surface area contributed by atoms with E-state index in [1.54, 1.807) is 11.3 Å². The maximum absolute atomic E-state index is 5.77. The molecule has 0 spiro atoms. The number of nitrogens with zero attached hydrogens (tertiary/aromatic N) is 2. The number of hydrogen-bond acceptors (Lipinski definition) is 3. The molecule has 0 atom stereocenters. The van der Waals surface area contributed by atoms with Gasteiger partial charge < -0.3 is 4.90 Å². The Kier molecular flexibility index (Phi) is 5.46. The number of hydrogen-bond donors (Lipinski definition) is 0. The maximum atomic E-state index is 5.77. The highest BCUT2D eigenvalue weighted by Crippen LogP contribution is 2.30. The van der Waals surface area contributed by atoms with E-state index in [9.17, 15) is 0 Å². The monoisotopic (exact) mass is 286 g/mol. The Morgan fingerprint density at radius 1 is 1.50 bits per heavy atom. The van der Waals surface area contributed by atoms with Crippen LogP contribution in [0.1, 0.15) is 43.8 Å². The predicted octanol–water partition coefficient (Wildman–Crippen LogP) is 3.93. The van der Waals surface area contributed by atoms with Gasteiger partial charge in [-0.25, -0.2) is 4.98 Å². The van der Waals surface area contributed by atoms with Crippen LogP contribution in [0.25, 0.3) is 0 Å². The van der Waals surface area contributed by atoms with Crippen molar-refractivity contribution in [3.63, 3.8) is 0 Å². The fraction of sp³-hybridized carbons (Fsp3) is 0.786. The number of aromatic nitrogens is 1. The Bertz CT molecular complexity index is 360. The average molecular weight is 287 g/mol. The zero-order chi connectivity index (χ0) is 13.0. The summed E-state index contributed by atoms with van der Waals surface area (Å²) in [6.45, 7) is 7.10. The zero-order valence-corrected chi connectivity index (χ0v) is 12.9. The minimum Gasteiger partial charge on any atom is -0.301 e. The summed E-state index contributed by atoms with van der Waals surface area (Å²) in [4.78, 5) is 7.13. The molecule has 1 saturated carbocycles. The molecule has 0 saturated heterocycles. The van der Waals surface area contributed by atoms with Crippen LogP contribution in [-0.4, -0.2) is 29.0 Å². The molecule has 2 rings (SSSR count). The van der Waals surface area contributed by atoms with Gasteiger partial charge in [-0.15, -0.1) is 22.9 Å². The lowest BCUT2D eigenvalue weighted by molar-refractivity contribution is 0.210. The highest BCUT2D eigenvalue weighted by atomic mass is 35.5. The van der Waals surface area contributed by atoms with Gasteiger partial charge in [0, 0.05) is 24.4 Å². The molecule has 1 heterocycles. The molecule has 0 unspecified atom stereocenters. The van der Waals surface area contributed by atoms with Gasteiger partial charge in [-0.2, -0.15) is 0 Å². The van der Waals surface area contributed by atoms with Gasteiger partial charge in [0.25, 0.3) is 0 Å². The second kappa shape index (κ2) is 6.88. The van der Waals surface area contributed by atoms with Gasteiger partial charge in [0.1, 0.15) is 0 Å². The van der Waals surface area contributed by atoms with Crippen molar-refractivity contribution < 1.29 is 0 Å². The van der Waals surface area contributed by atoms with Gasteiger partial charge in [0.15, 0.2) is 0 Å². The van der Waals surface area contributed by atoms with Crippen molar-refractivity contribution in [1.29, 1.82) is 0 Å². The van der Waals surface area contributed by atoms with E-state index < -0.39 is 0 Å². The first-order valence-electron chi connectivity index (χ1n) is 6.92. The Morgan fingerprint density at radius 3 is 2.83 bits per heavy atom. The van der Waals surface area contributed by atoms with Crippen molar-refractivity contribution >= 4 is 22.9 Å². The Hall–Kier alpha value is -0.120. The third-order valence-electron chi connectivity index (χ3n) is 3.49. The summed E-state index contributed by atoms with van der Waals surface area (Å²) in [5, 5.41) is 3.31. The third kappa shape index (κ3) is 4.52. The Morgan fingerprint density at radius 2 is 2.28 bits per heavy atom. The maximum Gasteiger partial charge on any atom is 0.0929 e. The molecule has 0 radical (unpaired) electrons. The molecule has 4 heteroatoms. The van der Waals surface area contributed by atoms with Gasteiger partial charge in [-0.05, 0) is 45.6 Å². The smallest absolute Gasteiger partial charge is 0.0929 e. The molecule has 102 valence electrons. The lowest BCUT2D eigenvalue weighted by Gasteiger charge is -2.26. The average Bonchev–Trinajstić information content (AvgIpc) is 3.04. The molecular weight excluding hydrogens is 264 g/mol. The van der Waals surface area contributed by atoms with Gasteiger partial charge in [-0.3, -0.25) is 0 Å². The van der Waals surface area contributed by atoms with Crippen molar-refractivity contribution in [2.75, 3.05) is 13.1 Å². The van der Waals surface area contributed by atoms with Gasteiger partial charge in [0.2, 0.25) is 0 Å². The molecule has 0 amide bonds. The second-order valence-corrected chi connectivity index (χ2v) is 6.71. The van der Waals surface area contributed by atoms with E-state index in [0.29, 0.717) is 11.9 Å². The highest BCUT2D eigenvalue weighted by Gasteiger charge is 2.25. The topological polar surface area (TPSA) is 16.1 Å². The largest absolute Gasteiger partial charge is 0.301 e. The molecule has 2 nitrogen and oxygen atoms in total. The fourth-order valence-electron chi connectivity index (χ4n) is 2.15. The lowest BCUT2D eigenvalue weighted by atomic mass is 10.2. The molecule has 1 aromatic heterocycles. The fourth-order valence-corrected chi connectivity index (χ4v) is 3.22.